The van der Waals surface area contributed by atoms with Crippen LogP contribution in [0.3, 0.4) is 0 Å². The fourth-order valence-electron chi connectivity index (χ4n) is 2.64. The van der Waals surface area contributed by atoms with E-state index in [0.717, 1.165) is 48.1 Å². The van der Waals surface area contributed by atoms with Crippen molar-refractivity contribution in [3.05, 3.63) is 28.2 Å². The van der Waals surface area contributed by atoms with Gasteiger partial charge >= 0.3 is 5.97 Å². The first-order valence-corrected chi connectivity index (χ1v) is 8.81. The van der Waals surface area contributed by atoms with E-state index in [2.05, 4.69) is 4.90 Å². The number of carboxylic acids is 1. The van der Waals surface area contributed by atoms with E-state index in [4.69, 9.17) is 28.3 Å². The molecule has 1 aromatic rings. The summed E-state index contributed by atoms with van der Waals surface area (Å²) in [6.45, 7) is 2.89. The number of rotatable bonds is 6. The minimum atomic E-state index is -0.693. The van der Waals surface area contributed by atoms with Crippen molar-refractivity contribution in [2.45, 2.75) is 24.2 Å². The molecule has 1 unspecified atom stereocenters. The molecule has 0 bridgehead atoms. The third-order valence-corrected chi connectivity index (χ3v) is 5.34. The molecule has 0 saturated carbocycles. The molecule has 0 aliphatic carbocycles. The molecule has 0 amide bonds. The van der Waals surface area contributed by atoms with Crippen molar-refractivity contribution in [2.24, 2.45) is 5.92 Å². The van der Waals surface area contributed by atoms with Crippen LogP contribution < -0.4 is 0 Å². The highest BCUT2D eigenvalue weighted by Crippen LogP contribution is 2.30. The van der Waals surface area contributed by atoms with Crippen molar-refractivity contribution in [3.63, 3.8) is 0 Å². The van der Waals surface area contributed by atoms with Crippen molar-refractivity contribution in [3.8, 4) is 0 Å². The Labute approximate surface area is 139 Å². The Bertz CT molecular complexity index is 499. The second-order valence-corrected chi connectivity index (χ2v) is 7.31. The Kier molecular flexibility index (Phi) is 6.68. The van der Waals surface area contributed by atoms with E-state index in [1.165, 1.54) is 0 Å². The summed E-state index contributed by atoms with van der Waals surface area (Å²) in [4.78, 5) is 14.1. The molecule has 1 atom stereocenters. The second-order valence-electron chi connectivity index (χ2n) is 5.33. The van der Waals surface area contributed by atoms with Crippen LogP contribution in [0.25, 0.3) is 0 Å². The van der Waals surface area contributed by atoms with Gasteiger partial charge in [0.1, 0.15) is 0 Å². The number of nitrogens with zero attached hydrogens (tertiary/aromatic N) is 1. The van der Waals surface area contributed by atoms with Crippen LogP contribution in [0.4, 0.5) is 0 Å². The summed E-state index contributed by atoms with van der Waals surface area (Å²) in [7, 11) is 0. The summed E-state index contributed by atoms with van der Waals surface area (Å²) in [6.07, 6.45) is 2.39. The SMILES string of the molecule is O=C(O)CC1CCCN(CCSc2cc(Cl)ccc2Cl)C1. The fourth-order valence-corrected chi connectivity index (χ4v) is 4.14. The van der Waals surface area contributed by atoms with E-state index < -0.39 is 5.97 Å². The van der Waals surface area contributed by atoms with Crippen molar-refractivity contribution in [1.29, 1.82) is 0 Å². The van der Waals surface area contributed by atoms with E-state index in [0.29, 0.717) is 5.02 Å². The Balaban J connectivity index is 1.77. The molecule has 0 radical (unpaired) electrons. The number of hydrogen-bond acceptors (Lipinski definition) is 3. The van der Waals surface area contributed by atoms with Crippen LogP contribution in [0, 0.1) is 5.92 Å². The lowest BCUT2D eigenvalue weighted by molar-refractivity contribution is -0.138. The molecule has 1 aromatic carbocycles. The Morgan fingerprint density at radius 3 is 3.00 bits per heavy atom. The molecule has 1 aliphatic rings. The van der Waals surface area contributed by atoms with Crippen LogP contribution in [-0.2, 0) is 4.79 Å². The summed E-state index contributed by atoms with van der Waals surface area (Å²) in [5, 5.41) is 10.3. The largest absolute Gasteiger partial charge is 0.481 e. The Morgan fingerprint density at radius 2 is 2.24 bits per heavy atom. The molecule has 1 saturated heterocycles. The second kappa shape index (κ2) is 8.28. The third-order valence-electron chi connectivity index (χ3n) is 3.62. The maximum absolute atomic E-state index is 10.8. The van der Waals surface area contributed by atoms with Crippen LogP contribution in [0.1, 0.15) is 19.3 Å². The Morgan fingerprint density at radius 1 is 1.43 bits per heavy atom. The summed E-state index contributed by atoms with van der Waals surface area (Å²) in [6, 6.07) is 5.49. The number of thioether (sulfide) groups is 1. The van der Waals surface area contributed by atoms with Crippen LogP contribution in [-0.4, -0.2) is 41.4 Å². The van der Waals surface area contributed by atoms with E-state index in [1.807, 2.05) is 12.1 Å². The van der Waals surface area contributed by atoms with Crippen molar-refractivity contribution >= 4 is 40.9 Å². The van der Waals surface area contributed by atoms with Crippen LogP contribution in [0.15, 0.2) is 23.1 Å². The predicted molar refractivity (Wildman–Crippen MR) is 88.6 cm³/mol. The average Bonchev–Trinajstić information content (AvgIpc) is 2.42. The first-order chi connectivity index (χ1) is 10.0. The quantitative estimate of drug-likeness (QED) is 0.780. The van der Waals surface area contributed by atoms with Crippen molar-refractivity contribution in [2.75, 3.05) is 25.4 Å². The summed E-state index contributed by atoms with van der Waals surface area (Å²) >= 11 is 13.8. The van der Waals surface area contributed by atoms with E-state index in [9.17, 15) is 4.79 Å². The molecule has 21 heavy (non-hydrogen) atoms. The molecule has 3 nitrogen and oxygen atoms in total. The molecule has 116 valence electrons. The fraction of sp³-hybridized carbons (Fsp3) is 0.533. The van der Waals surface area contributed by atoms with Gasteiger partial charge in [-0.2, -0.15) is 0 Å². The van der Waals surface area contributed by atoms with Gasteiger partial charge in [-0.05, 0) is 43.5 Å². The van der Waals surface area contributed by atoms with Gasteiger partial charge < -0.3 is 10.0 Å². The number of carbonyl (C=O) groups is 1. The maximum atomic E-state index is 10.8. The van der Waals surface area contributed by atoms with Gasteiger partial charge in [-0.25, -0.2) is 0 Å². The van der Waals surface area contributed by atoms with Gasteiger partial charge in [-0.1, -0.05) is 23.2 Å². The smallest absolute Gasteiger partial charge is 0.303 e. The van der Waals surface area contributed by atoms with Gasteiger partial charge in [-0.15, -0.1) is 11.8 Å². The molecule has 2 rings (SSSR count). The van der Waals surface area contributed by atoms with Crippen molar-refractivity contribution in [1.82, 2.24) is 4.90 Å². The third kappa shape index (κ3) is 5.70. The topological polar surface area (TPSA) is 40.5 Å². The summed E-state index contributed by atoms with van der Waals surface area (Å²) < 4.78 is 0. The van der Waals surface area contributed by atoms with E-state index in [-0.39, 0.29) is 12.3 Å². The number of carboxylic acid groups (broad SMARTS) is 1. The highest BCUT2D eigenvalue weighted by Gasteiger charge is 2.21. The maximum Gasteiger partial charge on any atom is 0.303 e. The highest BCUT2D eigenvalue weighted by atomic mass is 35.5. The number of halogens is 2. The van der Waals surface area contributed by atoms with Gasteiger partial charge in [0, 0.05) is 35.2 Å². The number of benzene rings is 1. The molecule has 1 fully saturated rings. The van der Waals surface area contributed by atoms with E-state index >= 15 is 0 Å². The normalized spacial score (nSPS) is 19.6. The van der Waals surface area contributed by atoms with Gasteiger partial charge in [0.2, 0.25) is 0 Å². The number of piperidine rings is 1. The molecule has 0 spiro atoms. The van der Waals surface area contributed by atoms with Crippen molar-refractivity contribution < 1.29 is 9.90 Å². The minimum Gasteiger partial charge on any atom is -0.481 e. The summed E-state index contributed by atoms with van der Waals surface area (Å²) in [5.74, 6) is 0.526. The van der Waals surface area contributed by atoms with Gasteiger partial charge in [0.05, 0.1) is 5.02 Å². The molecular formula is C15H19Cl2NO2S. The van der Waals surface area contributed by atoms with Gasteiger partial charge in [0.25, 0.3) is 0 Å². The zero-order valence-electron chi connectivity index (χ0n) is 11.7. The zero-order valence-corrected chi connectivity index (χ0v) is 14.1. The lowest BCUT2D eigenvalue weighted by atomic mass is 9.95. The highest BCUT2D eigenvalue weighted by molar-refractivity contribution is 7.99. The van der Waals surface area contributed by atoms with Crippen LogP contribution in [0.2, 0.25) is 10.0 Å². The first-order valence-electron chi connectivity index (χ1n) is 7.06. The average molecular weight is 348 g/mol. The number of hydrogen-bond donors (Lipinski definition) is 1. The lowest BCUT2D eigenvalue weighted by Crippen LogP contribution is -2.37. The first kappa shape index (κ1) is 16.9. The lowest BCUT2D eigenvalue weighted by Gasteiger charge is -2.31. The zero-order chi connectivity index (χ0) is 15.2. The van der Waals surface area contributed by atoms with Crippen LogP contribution in [0.5, 0.6) is 0 Å². The van der Waals surface area contributed by atoms with Gasteiger partial charge in [-0.3, -0.25) is 4.79 Å². The standard InChI is InChI=1S/C15H19Cl2NO2S/c16-12-3-4-13(17)14(9-12)21-7-6-18-5-1-2-11(10-18)8-15(19)20/h3-4,9,11H,1-2,5-8,10H2,(H,19,20). The molecular weight excluding hydrogens is 329 g/mol. The Hall–Kier alpha value is -0.420. The monoisotopic (exact) mass is 347 g/mol. The molecule has 6 heteroatoms. The molecule has 1 heterocycles. The molecule has 1 N–H and O–H groups in total. The number of aliphatic carboxylic acids is 1. The number of likely N-dealkylation sites (tertiary alicyclic amines) is 1. The molecule has 1 aliphatic heterocycles. The molecule has 0 aromatic heterocycles. The van der Waals surface area contributed by atoms with Crippen LogP contribution >= 0.6 is 35.0 Å². The van der Waals surface area contributed by atoms with E-state index in [1.54, 1.807) is 17.8 Å². The minimum absolute atomic E-state index is 0.282. The predicted octanol–water partition coefficient (Wildman–Crippen LogP) is 4.27. The summed E-state index contributed by atoms with van der Waals surface area (Å²) in [5.41, 5.74) is 0. The van der Waals surface area contributed by atoms with Gasteiger partial charge in [0.15, 0.2) is 0 Å².